The van der Waals surface area contributed by atoms with Gasteiger partial charge in [0, 0.05) is 12.4 Å². The summed E-state index contributed by atoms with van der Waals surface area (Å²) in [7, 11) is 0. The van der Waals surface area contributed by atoms with Crippen molar-refractivity contribution in [3.05, 3.63) is 59.4 Å². The predicted molar refractivity (Wildman–Crippen MR) is 63.3 cm³/mol. The average molecular weight is 198 g/mol. The lowest BCUT2D eigenvalue weighted by molar-refractivity contribution is 1.07. The van der Waals surface area contributed by atoms with Gasteiger partial charge in [0.2, 0.25) is 0 Å². The summed E-state index contributed by atoms with van der Waals surface area (Å²) in [5, 5.41) is 0. The van der Waals surface area contributed by atoms with E-state index in [0.717, 1.165) is 12.2 Å². The molecule has 1 N–H and O–H groups in total. The number of hydrogen-bond acceptors (Lipinski definition) is 1. The van der Waals surface area contributed by atoms with Crippen LogP contribution in [0.25, 0.3) is 0 Å². The van der Waals surface area contributed by atoms with E-state index in [1.165, 1.54) is 11.1 Å². The third kappa shape index (κ3) is 2.81. The molecule has 0 bridgehead atoms. The SMILES string of the molecule is Cc1ccc(CN=Cc2ccc[nH]2)cc1. The molecule has 0 aliphatic heterocycles. The second-order valence-electron chi connectivity index (χ2n) is 3.58. The smallest absolute Gasteiger partial charge is 0.0640 e. The molecule has 0 aliphatic rings. The minimum atomic E-state index is 0.735. The van der Waals surface area contributed by atoms with E-state index in [1.54, 1.807) is 0 Å². The van der Waals surface area contributed by atoms with Gasteiger partial charge in [0.1, 0.15) is 0 Å². The zero-order valence-electron chi connectivity index (χ0n) is 8.77. The molecule has 2 heteroatoms. The van der Waals surface area contributed by atoms with Gasteiger partial charge >= 0.3 is 0 Å². The van der Waals surface area contributed by atoms with Gasteiger partial charge in [-0.2, -0.15) is 0 Å². The molecule has 2 rings (SSSR count). The lowest BCUT2D eigenvalue weighted by Crippen LogP contribution is -1.84. The van der Waals surface area contributed by atoms with Crippen LogP contribution in [0.4, 0.5) is 0 Å². The summed E-state index contributed by atoms with van der Waals surface area (Å²) in [4.78, 5) is 7.44. The predicted octanol–water partition coefficient (Wildman–Crippen LogP) is 2.94. The van der Waals surface area contributed by atoms with Gasteiger partial charge < -0.3 is 4.98 Å². The van der Waals surface area contributed by atoms with E-state index in [0.29, 0.717) is 0 Å². The number of aryl methyl sites for hydroxylation is 1. The number of H-pyrrole nitrogens is 1. The Labute approximate surface area is 89.7 Å². The molecule has 0 fully saturated rings. The largest absolute Gasteiger partial charge is 0.360 e. The van der Waals surface area contributed by atoms with Gasteiger partial charge in [0.25, 0.3) is 0 Å². The van der Waals surface area contributed by atoms with Crippen LogP contribution >= 0.6 is 0 Å². The standard InChI is InChI=1S/C13H14N2/c1-11-4-6-12(7-5-11)9-14-10-13-3-2-8-15-13/h2-8,10,15H,9H2,1H3. The maximum absolute atomic E-state index is 4.36. The van der Waals surface area contributed by atoms with Crippen molar-refractivity contribution < 1.29 is 0 Å². The van der Waals surface area contributed by atoms with Crippen molar-refractivity contribution in [2.75, 3.05) is 0 Å². The molecule has 0 amide bonds. The molecule has 0 atom stereocenters. The van der Waals surface area contributed by atoms with Crippen molar-refractivity contribution in [1.29, 1.82) is 0 Å². The molecule has 0 saturated carbocycles. The van der Waals surface area contributed by atoms with Crippen LogP contribution in [0.2, 0.25) is 0 Å². The highest BCUT2D eigenvalue weighted by molar-refractivity contribution is 5.76. The van der Waals surface area contributed by atoms with E-state index < -0.39 is 0 Å². The second-order valence-corrected chi connectivity index (χ2v) is 3.58. The Morgan fingerprint density at radius 2 is 2.00 bits per heavy atom. The van der Waals surface area contributed by atoms with Crippen molar-refractivity contribution in [3.8, 4) is 0 Å². The van der Waals surface area contributed by atoms with Crippen molar-refractivity contribution in [1.82, 2.24) is 4.98 Å². The van der Waals surface area contributed by atoms with Gasteiger partial charge in [-0.25, -0.2) is 0 Å². The summed E-state index contributed by atoms with van der Waals surface area (Å²) in [5.74, 6) is 0. The number of aliphatic imine (C=N–C) groups is 1. The third-order valence-electron chi connectivity index (χ3n) is 2.25. The van der Waals surface area contributed by atoms with Crippen LogP contribution in [0.1, 0.15) is 16.8 Å². The highest BCUT2D eigenvalue weighted by Gasteiger charge is 1.89. The minimum absolute atomic E-state index is 0.735. The van der Waals surface area contributed by atoms with E-state index in [2.05, 4.69) is 41.2 Å². The molecule has 0 radical (unpaired) electrons. The molecule has 2 aromatic rings. The summed E-state index contributed by atoms with van der Waals surface area (Å²) < 4.78 is 0. The molecule has 76 valence electrons. The maximum Gasteiger partial charge on any atom is 0.0640 e. The number of aromatic nitrogens is 1. The van der Waals surface area contributed by atoms with E-state index in [-0.39, 0.29) is 0 Å². The number of rotatable bonds is 3. The van der Waals surface area contributed by atoms with Crippen molar-refractivity contribution in [3.63, 3.8) is 0 Å². The van der Waals surface area contributed by atoms with Crippen LogP contribution in [-0.2, 0) is 6.54 Å². The summed E-state index contributed by atoms with van der Waals surface area (Å²) in [6.45, 7) is 2.82. The summed E-state index contributed by atoms with van der Waals surface area (Å²) in [6.07, 6.45) is 3.76. The van der Waals surface area contributed by atoms with Gasteiger partial charge in [-0.1, -0.05) is 29.8 Å². The van der Waals surface area contributed by atoms with Crippen LogP contribution in [0.5, 0.6) is 0 Å². The quantitative estimate of drug-likeness (QED) is 0.734. The number of benzene rings is 1. The molecule has 2 nitrogen and oxygen atoms in total. The minimum Gasteiger partial charge on any atom is -0.360 e. The van der Waals surface area contributed by atoms with Crippen molar-refractivity contribution in [2.24, 2.45) is 4.99 Å². The number of aromatic amines is 1. The highest BCUT2D eigenvalue weighted by Crippen LogP contribution is 2.04. The van der Waals surface area contributed by atoms with Gasteiger partial charge in [-0.15, -0.1) is 0 Å². The zero-order chi connectivity index (χ0) is 10.5. The Kier molecular flexibility index (Phi) is 2.98. The maximum atomic E-state index is 4.36. The van der Waals surface area contributed by atoms with Gasteiger partial charge in [-0.05, 0) is 24.6 Å². The Morgan fingerprint density at radius 3 is 2.67 bits per heavy atom. The first-order valence-corrected chi connectivity index (χ1v) is 5.03. The monoisotopic (exact) mass is 198 g/mol. The molecule has 1 heterocycles. The van der Waals surface area contributed by atoms with Gasteiger partial charge in [0.05, 0.1) is 12.2 Å². The topological polar surface area (TPSA) is 28.1 Å². The van der Waals surface area contributed by atoms with Crippen LogP contribution in [0.3, 0.4) is 0 Å². The number of hydrogen-bond donors (Lipinski definition) is 1. The number of nitrogens with zero attached hydrogens (tertiary/aromatic N) is 1. The Hall–Kier alpha value is -1.83. The van der Waals surface area contributed by atoms with E-state index >= 15 is 0 Å². The van der Waals surface area contributed by atoms with Gasteiger partial charge in [-0.3, -0.25) is 4.99 Å². The fourth-order valence-corrected chi connectivity index (χ4v) is 1.37. The van der Waals surface area contributed by atoms with Crippen LogP contribution in [0, 0.1) is 6.92 Å². The van der Waals surface area contributed by atoms with Crippen molar-refractivity contribution >= 4 is 6.21 Å². The van der Waals surface area contributed by atoms with Gasteiger partial charge in [0.15, 0.2) is 0 Å². The first kappa shape index (κ1) is 9.71. The summed E-state index contributed by atoms with van der Waals surface area (Å²) >= 11 is 0. The summed E-state index contributed by atoms with van der Waals surface area (Å²) in [6, 6.07) is 12.4. The highest BCUT2D eigenvalue weighted by atomic mass is 14.7. The molecular formula is C13H14N2. The molecule has 0 saturated heterocycles. The third-order valence-corrected chi connectivity index (χ3v) is 2.25. The molecule has 15 heavy (non-hydrogen) atoms. The fraction of sp³-hybridized carbons (Fsp3) is 0.154. The molecule has 0 spiro atoms. The normalized spacial score (nSPS) is 11.0. The van der Waals surface area contributed by atoms with E-state index in [4.69, 9.17) is 0 Å². The molecular weight excluding hydrogens is 184 g/mol. The first-order valence-electron chi connectivity index (χ1n) is 5.03. The summed E-state index contributed by atoms with van der Waals surface area (Å²) in [5.41, 5.74) is 3.57. The van der Waals surface area contributed by atoms with E-state index in [9.17, 15) is 0 Å². The number of nitrogens with one attached hydrogen (secondary N) is 1. The second kappa shape index (κ2) is 4.60. The Morgan fingerprint density at radius 1 is 1.20 bits per heavy atom. The molecule has 0 unspecified atom stereocenters. The van der Waals surface area contributed by atoms with Crippen LogP contribution in [-0.4, -0.2) is 11.2 Å². The lowest BCUT2D eigenvalue weighted by Gasteiger charge is -1.96. The average Bonchev–Trinajstić information content (AvgIpc) is 2.74. The fourth-order valence-electron chi connectivity index (χ4n) is 1.37. The molecule has 1 aromatic heterocycles. The Bertz CT molecular complexity index is 424. The Balaban J connectivity index is 1.96. The zero-order valence-corrected chi connectivity index (χ0v) is 8.77. The lowest BCUT2D eigenvalue weighted by atomic mass is 10.1. The van der Waals surface area contributed by atoms with Crippen LogP contribution in [0.15, 0.2) is 47.6 Å². The first-order chi connectivity index (χ1) is 7.34. The van der Waals surface area contributed by atoms with Crippen molar-refractivity contribution in [2.45, 2.75) is 13.5 Å². The van der Waals surface area contributed by atoms with E-state index in [1.807, 2.05) is 24.5 Å². The molecule has 1 aromatic carbocycles. The van der Waals surface area contributed by atoms with Crippen LogP contribution < -0.4 is 0 Å². The molecule has 0 aliphatic carbocycles.